The van der Waals surface area contributed by atoms with Gasteiger partial charge in [-0.15, -0.1) is 11.3 Å². The number of carbonyl (C=O) groups is 2. The van der Waals surface area contributed by atoms with Crippen LogP contribution in [-0.4, -0.2) is 23.6 Å². The van der Waals surface area contributed by atoms with E-state index >= 15 is 0 Å². The molecule has 0 unspecified atom stereocenters. The Labute approximate surface area is 182 Å². The largest absolute Gasteiger partial charge is 0.462 e. The van der Waals surface area contributed by atoms with Crippen LogP contribution in [0.1, 0.15) is 27.6 Å². The van der Waals surface area contributed by atoms with Gasteiger partial charge in [-0.05, 0) is 42.0 Å². The fourth-order valence-corrected chi connectivity index (χ4v) is 4.62. The molecule has 4 aromatic rings. The highest BCUT2D eigenvalue weighted by molar-refractivity contribution is 7.80. The molecule has 0 aliphatic carbocycles. The minimum absolute atomic E-state index is 0.116. The monoisotopic (exact) mass is 434 g/mol. The molecule has 5 nitrogen and oxygen atoms in total. The zero-order valence-corrected chi connectivity index (χ0v) is 17.7. The van der Waals surface area contributed by atoms with Crippen molar-refractivity contribution in [3.8, 4) is 0 Å². The van der Waals surface area contributed by atoms with Crippen LogP contribution in [-0.2, 0) is 4.74 Å². The summed E-state index contributed by atoms with van der Waals surface area (Å²) in [5.41, 5.74) is 0.943. The number of esters is 1. The van der Waals surface area contributed by atoms with Crippen LogP contribution in [0, 0.1) is 0 Å². The lowest BCUT2D eigenvalue weighted by Crippen LogP contribution is -2.34. The fraction of sp³-hybridized carbons (Fsp3) is 0.0870. The van der Waals surface area contributed by atoms with Crippen molar-refractivity contribution >= 4 is 66.4 Å². The summed E-state index contributed by atoms with van der Waals surface area (Å²) in [5.74, 6) is -0.747. The van der Waals surface area contributed by atoms with Crippen molar-refractivity contribution in [2.24, 2.45) is 0 Å². The molecule has 0 atom stereocenters. The minimum Gasteiger partial charge on any atom is -0.462 e. The standard InChI is InChI=1S/C23H18N2O3S2/c1-2-28-22(27)19-17-11-5-6-13-18(17)30-21(19)25-23(29)24-20(26)16-12-7-9-14-8-3-4-10-15(14)16/h3-13H,2H2,1H3,(H2,24,25,26,29). The van der Waals surface area contributed by atoms with Crippen molar-refractivity contribution in [3.63, 3.8) is 0 Å². The fourth-order valence-electron chi connectivity index (χ4n) is 3.27. The molecule has 2 N–H and O–H groups in total. The molecule has 0 bridgehead atoms. The highest BCUT2D eigenvalue weighted by atomic mass is 32.1. The Balaban J connectivity index is 1.60. The second-order valence-corrected chi connectivity index (χ2v) is 7.92. The van der Waals surface area contributed by atoms with Crippen LogP contribution in [0.5, 0.6) is 0 Å². The number of rotatable bonds is 4. The number of benzene rings is 3. The summed E-state index contributed by atoms with van der Waals surface area (Å²) in [7, 11) is 0. The van der Waals surface area contributed by atoms with E-state index < -0.39 is 5.97 Å². The number of amides is 1. The second kappa shape index (κ2) is 8.61. The molecule has 0 aliphatic heterocycles. The first-order valence-electron chi connectivity index (χ1n) is 9.37. The Hall–Kier alpha value is -3.29. The van der Waals surface area contributed by atoms with E-state index in [-0.39, 0.29) is 17.6 Å². The Kier molecular flexibility index (Phi) is 5.74. The van der Waals surface area contributed by atoms with Crippen LogP contribution in [0.25, 0.3) is 20.9 Å². The molecule has 7 heteroatoms. The van der Waals surface area contributed by atoms with E-state index in [2.05, 4.69) is 10.6 Å². The number of hydrogen-bond donors (Lipinski definition) is 2. The normalized spacial score (nSPS) is 10.7. The summed E-state index contributed by atoms with van der Waals surface area (Å²) in [5, 5.41) is 8.97. The predicted octanol–water partition coefficient (Wildman–Crippen LogP) is 5.36. The minimum atomic E-state index is -0.430. The Bertz CT molecular complexity index is 1270. The van der Waals surface area contributed by atoms with E-state index in [1.165, 1.54) is 11.3 Å². The third kappa shape index (κ3) is 3.90. The predicted molar refractivity (Wildman–Crippen MR) is 125 cm³/mol. The molecular formula is C23H18N2O3S2. The highest BCUT2D eigenvalue weighted by Gasteiger charge is 2.21. The number of ether oxygens (including phenoxy) is 1. The topological polar surface area (TPSA) is 67.4 Å². The molecule has 1 amide bonds. The van der Waals surface area contributed by atoms with Crippen LogP contribution < -0.4 is 10.6 Å². The van der Waals surface area contributed by atoms with Crippen molar-refractivity contribution in [3.05, 3.63) is 77.9 Å². The van der Waals surface area contributed by atoms with Crippen molar-refractivity contribution in [2.75, 3.05) is 11.9 Å². The summed E-state index contributed by atoms with van der Waals surface area (Å²) >= 11 is 6.74. The first-order valence-corrected chi connectivity index (χ1v) is 10.6. The SMILES string of the molecule is CCOC(=O)c1c(NC(=S)NC(=O)c2cccc3ccccc23)sc2ccccc12. The molecule has 3 aromatic carbocycles. The second-order valence-electron chi connectivity index (χ2n) is 6.46. The zero-order chi connectivity index (χ0) is 21.1. The van der Waals surface area contributed by atoms with E-state index in [1.54, 1.807) is 13.0 Å². The maximum Gasteiger partial charge on any atom is 0.341 e. The molecule has 150 valence electrons. The number of fused-ring (bicyclic) bond motifs is 2. The van der Waals surface area contributed by atoms with Gasteiger partial charge in [0, 0.05) is 15.6 Å². The maximum atomic E-state index is 12.8. The van der Waals surface area contributed by atoms with Crippen LogP contribution in [0.15, 0.2) is 66.7 Å². The van der Waals surface area contributed by atoms with Gasteiger partial charge in [0.05, 0.1) is 6.61 Å². The molecule has 30 heavy (non-hydrogen) atoms. The summed E-state index contributed by atoms with van der Waals surface area (Å²) < 4.78 is 6.13. The average molecular weight is 435 g/mol. The van der Waals surface area contributed by atoms with E-state index in [9.17, 15) is 9.59 Å². The van der Waals surface area contributed by atoms with E-state index in [1.807, 2.05) is 60.7 Å². The average Bonchev–Trinajstić information content (AvgIpc) is 3.11. The maximum absolute atomic E-state index is 12.8. The van der Waals surface area contributed by atoms with Gasteiger partial charge in [-0.3, -0.25) is 10.1 Å². The molecule has 0 spiro atoms. The summed E-state index contributed by atoms with van der Waals surface area (Å²) in [4.78, 5) is 25.4. The third-order valence-electron chi connectivity index (χ3n) is 4.56. The molecular weight excluding hydrogens is 416 g/mol. The Morgan fingerprint density at radius 2 is 1.67 bits per heavy atom. The first kappa shape index (κ1) is 20.0. The number of carbonyl (C=O) groups excluding carboxylic acids is 2. The molecule has 0 radical (unpaired) electrons. The van der Waals surface area contributed by atoms with Crippen LogP contribution in [0.4, 0.5) is 5.00 Å². The number of thiocarbonyl (C=S) groups is 1. The van der Waals surface area contributed by atoms with Crippen molar-refractivity contribution in [1.82, 2.24) is 5.32 Å². The van der Waals surface area contributed by atoms with Crippen molar-refractivity contribution < 1.29 is 14.3 Å². The van der Waals surface area contributed by atoms with Gasteiger partial charge in [0.1, 0.15) is 10.6 Å². The molecule has 0 aliphatic rings. The Morgan fingerprint density at radius 3 is 2.47 bits per heavy atom. The van der Waals surface area contributed by atoms with Crippen LogP contribution >= 0.6 is 23.6 Å². The zero-order valence-electron chi connectivity index (χ0n) is 16.1. The summed E-state index contributed by atoms with van der Waals surface area (Å²) in [6.07, 6.45) is 0. The van der Waals surface area contributed by atoms with Gasteiger partial charge in [0.2, 0.25) is 0 Å². The van der Waals surface area contributed by atoms with Crippen molar-refractivity contribution in [2.45, 2.75) is 6.92 Å². The molecule has 0 saturated carbocycles. The van der Waals surface area contributed by atoms with Gasteiger partial charge in [-0.25, -0.2) is 4.79 Å². The van der Waals surface area contributed by atoms with Crippen molar-refractivity contribution in [1.29, 1.82) is 0 Å². The lowest BCUT2D eigenvalue weighted by Gasteiger charge is -2.11. The van der Waals surface area contributed by atoms with Gasteiger partial charge >= 0.3 is 5.97 Å². The quantitative estimate of drug-likeness (QED) is 0.334. The van der Waals surface area contributed by atoms with Gasteiger partial charge in [-0.1, -0.05) is 54.6 Å². The van der Waals surface area contributed by atoms with E-state index in [4.69, 9.17) is 17.0 Å². The number of hydrogen-bond acceptors (Lipinski definition) is 5. The number of thiophene rings is 1. The molecule has 0 fully saturated rings. The van der Waals surface area contributed by atoms with Gasteiger partial charge in [0.25, 0.3) is 5.91 Å². The Morgan fingerprint density at radius 1 is 0.967 bits per heavy atom. The number of anilines is 1. The highest BCUT2D eigenvalue weighted by Crippen LogP contribution is 2.36. The van der Waals surface area contributed by atoms with Gasteiger partial charge in [0.15, 0.2) is 5.11 Å². The molecule has 1 aromatic heterocycles. The van der Waals surface area contributed by atoms with Gasteiger partial charge < -0.3 is 10.1 Å². The van der Waals surface area contributed by atoms with E-state index in [0.29, 0.717) is 16.1 Å². The molecule has 0 saturated heterocycles. The number of nitrogens with one attached hydrogen (secondary N) is 2. The van der Waals surface area contributed by atoms with E-state index in [0.717, 1.165) is 20.9 Å². The molecule has 4 rings (SSSR count). The van der Waals surface area contributed by atoms with Crippen LogP contribution in [0.3, 0.4) is 0 Å². The summed E-state index contributed by atoms with van der Waals surface area (Å²) in [6.45, 7) is 2.03. The molecule has 1 heterocycles. The lowest BCUT2D eigenvalue weighted by atomic mass is 10.0. The third-order valence-corrected chi connectivity index (χ3v) is 5.85. The smallest absolute Gasteiger partial charge is 0.341 e. The lowest BCUT2D eigenvalue weighted by molar-refractivity contribution is 0.0530. The van der Waals surface area contributed by atoms with Gasteiger partial charge in [-0.2, -0.15) is 0 Å². The first-order chi connectivity index (χ1) is 14.6. The van der Waals surface area contributed by atoms with Crippen LogP contribution in [0.2, 0.25) is 0 Å². The summed E-state index contributed by atoms with van der Waals surface area (Å²) in [6, 6.07) is 20.7.